The van der Waals surface area contributed by atoms with Crippen LogP contribution in [0.15, 0.2) is 4.79 Å². The van der Waals surface area contributed by atoms with Gasteiger partial charge in [-0.05, 0) is 37.8 Å². The van der Waals surface area contributed by atoms with Crippen LogP contribution in [0, 0.1) is 25.2 Å². The van der Waals surface area contributed by atoms with E-state index in [0.717, 1.165) is 29.7 Å². The Kier molecular flexibility index (Phi) is 3.89. The minimum Gasteiger partial charge on any atom is -0.312 e. The zero-order valence-corrected chi connectivity index (χ0v) is 10.4. The van der Waals surface area contributed by atoms with Gasteiger partial charge in [-0.15, -0.1) is 0 Å². The highest BCUT2D eigenvalue weighted by atomic mass is 16.1. The summed E-state index contributed by atoms with van der Waals surface area (Å²) >= 11 is 0. The maximum Gasteiger partial charge on any atom is 0.268 e. The van der Waals surface area contributed by atoms with Gasteiger partial charge in [-0.25, -0.2) is 0 Å². The average Bonchev–Trinajstić information content (AvgIpc) is 2.26. The van der Waals surface area contributed by atoms with Crippen LogP contribution in [-0.2, 0) is 13.0 Å². The lowest BCUT2D eigenvalue weighted by atomic mass is 10.0. The second kappa shape index (κ2) is 4.98. The van der Waals surface area contributed by atoms with Crippen LogP contribution in [0.4, 0.5) is 0 Å². The molecular formula is C13H18N2O. The molecule has 0 spiro atoms. The van der Waals surface area contributed by atoms with Crippen molar-refractivity contribution in [2.75, 3.05) is 0 Å². The van der Waals surface area contributed by atoms with Gasteiger partial charge < -0.3 is 4.57 Å². The Labute approximate surface area is 96.3 Å². The molecule has 1 aromatic rings. The highest BCUT2D eigenvalue weighted by Gasteiger charge is 2.14. The van der Waals surface area contributed by atoms with Crippen molar-refractivity contribution in [3.8, 4) is 6.07 Å². The Morgan fingerprint density at radius 3 is 2.38 bits per heavy atom. The first-order valence-corrected chi connectivity index (χ1v) is 5.71. The van der Waals surface area contributed by atoms with Crippen molar-refractivity contribution in [3.05, 3.63) is 32.7 Å². The van der Waals surface area contributed by atoms with E-state index in [0.29, 0.717) is 12.1 Å². The first-order chi connectivity index (χ1) is 7.58. The molecule has 0 bridgehead atoms. The smallest absolute Gasteiger partial charge is 0.268 e. The molecule has 0 N–H and O–H groups in total. The van der Waals surface area contributed by atoms with Gasteiger partial charge in [0.05, 0.1) is 0 Å². The van der Waals surface area contributed by atoms with Crippen molar-refractivity contribution >= 4 is 0 Å². The summed E-state index contributed by atoms with van der Waals surface area (Å²) in [6.07, 6.45) is 1.76. The van der Waals surface area contributed by atoms with Crippen LogP contribution in [0.3, 0.4) is 0 Å². The van der Waals surface area contributed by atoms with Gasteiger partial charge >= 0.3 is 0 Å². The molecule has 0 saturated carbocycles. The van der Waals surface area contributed by atoms with E-state index in [9.17, 15) is 4.79 Å². The summed E-state index contributed by atoms with van der Waals surface area (Å²) in [7, 11) is 0. The van der Waals surface area contributed by atoms with Crippen molar-refractivity contribution in [2.24, 2.45) is 0 Å². The van der Waals surface area contributed by atoms with Gasteiger partial charge in [-0.3, -0.25) is 4.79 Å². The molecule has 0 unspecified atom stereocenters. The van der Waals surface area contributed by atoms with Crippen LogP contribution in [0.1, 0.15) is 42.7 Å². The van der Waals surface area contributed by atoms with E-state index >= 15 is 0 Å². The van der Waals surface area contributed by atoms with Gasteiger partial charge in [0, 0.05) is 12.2 Å². The van der Waals surface area contributed by atoms with E-state index in [-0.39, 0.29) is 5.56 Å². The lowest BCUT2D eigenvalue weighted by Crippen LogP contribution is -2.27. The fraction of sp³-hybridized carbons (Fsp3) is 0.538. The summed E-state index contributed by atoms with van der Waals surface area (Å²) in [5.74, 6) is 0. The van der Waals surface area contributed by atoms with Crippen molar-refractivity contribution < 1.29 is 0 Å². The third kappa shape index (κ3) is 1.88. The van der Waals surface area contributed by atoms with Crippen molar-refractivity contribution in [3.63, 3.8) is 0 Å². The summed E-state index contributed by atoms with van der Waals surface area (Å²) in [5.41, 5.74) is 3.14. The Morgan fingerprint density at radius 1 is 1.31 bits per heavy atom. The molecule has 1 heterocycles. The highest BCUT2D eigenvalue weighted by molar-refractivity contribution is 5.42. The first-order valence-electron chi connectivity index (χ1n) is 5.71. The third-order valence-corrected chi connectivity index (χ3v) is 3.04. The minimum absolute atomic E-state index is 0.142. The molecule has 0 atom stereocenters. The molecule has 3 nitrogen and oxygen atoms in total. The molecule has 86 valence electrons. The molecule has 0 radical (unpaired) electrons. The topological polar surface area (TPSA) is 45.8 Å². The Hall–Kier alpha value is -1.56. The van der Waals surface area contributed by atoms with Crippen molar-refractivity contribution in [1.82, 2.24) is 4.57 Å². The predicted octanol–water partition coefficient (Wildman–Crippen LogP) is 2.31. The number of hydrogen-bond donors (Lipinski definition) is 0. The molecule has 0 amide bonds. The lowest BCUT2D eigenvalue weighted by molar-refractivity contribution is 0.625. The molecule has 1 rings (SSSR count). The normalized spacial score (nSPS) is 10.2. The van der Waals surface area contributed by atoms with Crippen LogP contribution < -0.4 is 5.56 Å². The van der Waals surface area contributed by atoms with Gasteiger partial charge in [0.25, 0.3) is 5.56 Å². The Balaban J connectivity index is 3.65. The van der Waals surface area contributed by atoms with Crippen LogP contribution in [0.2, 0.25) is 0 Å². The van der Waals surface area contributed by atoms with Gasteiger partial charge in [0.15, 0.2) is 0 Å². The summed E-state index contributed by atoms with van der Waals surface area (Å²) < 4.78 is 1.73. The minimum atomic E-state index is -0.142. The summed E-state index contributed by atoms with van der Waals surface area (Å²) in [6.45, 7) is 8.60. The van der Waals surface area contributed by atoms with Crippen LogP contribution in [0.25, 0.3) is 0 Å². The van der Waals surface area contributed by atoms with Gasteiger partial charge in [0.2, 0.25) is 0 Å². The molecule has 1 aromatic heterocycles. The predicted molar refractivity (Wildman–Crippen MR) is 64.6 cm³/mol. The summed E-state index contributed by atoms with van der Waals surface area (Å²) in [6, 6.07) is 2.03. The van der Waals surface area contributed by atoms with Crippen LogP contribution in [0.5, 0.6) is 0 Å². The fourth-order valence-corrected chi connectivity index (χ4v) is 2.18. The molecule has 0 aromatic carbocycles. The molecule has 16 heavy (non-hydrogen) atoms. The number of aromatic nitrogens is 1. The first kappa shape index (κ1) is 12.5. The summed E-state index contributed by atoms with van der Waals surface area (Å²) in [4.78, 5) is 12.0. The Bertz CT molecular complexity index is 492. The van der Waals surface area contributed by atoms with Crippen molar-refractivity contribution in [1.29, 1.82) is 5.26 Å². The second-order valence-corrected chi connectivity index (χ2v) is 3.99. The molecule has 0 fully saturated rings. The molecule has 0 aliphatic heterocycles. The third-order valence-electron chi connectivity index (χ3n) is 3.04. The molecule has 0 aliphatic rings. The maximum absolute atomic E-state index is 12.0. The van der Waals surface area contributed by atoms with Crippen molar-refractivity contribution in [2.45, 2.75) is 47.1 Å². The lowest BCUT2D eigenvalue weighted by Gasteiger charge is -2.16. The van der Waals surface area contributed by atoms with E-state index in [1.165, 1.54) is 0 Å². The van der Waals surface area contributed by atoms with E-state index in [2.05, 4.69) is 6.92 Å². The standard InChI is InChI=1S/C13H18N2O/c1-5-7-15-10(4)11(6-2)9(3)12(8-14)13(15)16/h5-7H2,1-4H3. The number of pyridine rings is 1. The van der Waals surface area contributed by atoms with E-state index < -0.39 is 0 Å². The van der Waals surface area contributed by atoms with Crippen LogP contribution in [-0.4, -0.2) is 4.57 Å². The monoisotopic (exact) mass is 218 g/mol. The van der Waals surface area contributed by atoms with Gasteiger partial charge in [-0.2, -0.15) is 5.26 Å². The van der Waals surface area contributed by atoms with E-state index in [1.807, 2.05) is 26.8 Å². The largest absolute Gasteiger partial charge is 0.312 e. The Morgan fingerprint density at radius 2 is 1.94 bits per heavy atom. The maximum atomic E-state index is 12.0. The van der Waals surface area contributed by atoms with Gasteiger partial charge in [-0.1, -0.05) is 13.8 Å². The van der Waals surface area contributed by atoms with Gasteiger partial charge in [0.1, 0.15) is 11.6 Å². The number of hydrogen-bond acceptors (Lipinski definition) is 2. The summed E-state index contributed by atoms with van der Waals surface area (Å²) in [5, 5.41) is 9.04. The molecule has 3 heteroatoms. The zero-order valence-electron chi connectivity index (χ0n) is 10.4. The molecule has 0 saturated heterocycles. The van der Waals surface area contributed by atoms with Crippen LogP contribution >= 0.6 is 0 Å². The zero-order chi connectivity index (χ0) is 12.3. The molecule has 0 aliphatic carbocycles. The number of rotatable bonds is 3. The fourth-order valence-electron chi connectivity index (χ4n) is 2.18. The number of nitriles is 1. The molecular weight excluding hydrogens is 200 g/mol. The second-order valence-electron chi connectivity index (χ2n) is 3.99. The SMILES string of the molecule is CCCn1c(C)c(CC)c(C)c(C#N)c1=O. The van der Waals surface area contributed by atoms with E-state index in [1.54, 1.807) is 4.57 Å². The highest BCUT2D eigenvalue weighted by Crippen LogP contribution is 2.15. The average molecular weight is 218 g/mol. The van der Waals surface area contributed by atoms with E-state index in [4.69, 9.17) is 5.26 Å². The number of nitrogens with zero attached hydrogens (tertiary/aromatic N) is 2. The quantitative estimate of drug-likeness (QED) is 0.781.